The van der Waals surface area contributed by atoms with Crippen LogP contribution >= 0.6 is 11.8 Å². The van der Waals surface area contributed by atoms with Gasteiger partial charge in [-0.3, -0.25) is 4.79 Å². The molecule has 0 bridgehead atoms. The molecule has 13 heteroatoms. The molecule has 1 amide bonds. The summed E-state index contributed by atoms with van der Waals surface area (Å²) in [6.07, 6.45) is -9.28. The van der Waals surface area contributed by atoms with Crippen molar-refractivity contribution in [1.82, 2.24) is 4.90 Å². The van der Waals surface area contributed by atoms with Crippen LogP contribution in [-0.2, 0) is 26.7 Å². The van der Waals surface area contributed by atoms with Crippen LogP contribution < -0.4 is 4.74 Å². The van der Waals surface area contributed by atoms with Gasteiger partial charge in [0.2, 0.25) is 5.91 Å². The molecule has 0 atom stereocenters. The first-order chi connectivity index (χ1) is 16.9. The van der Waals surface area contributed by atoms with Crippen LogP contribution in [0.1, 0.15) is 16.7 Å². The predicted molar refractivity (Wildman–Crippen MR) is 117 cm³/mol. The van der Waals surface area contributed by atoms with E-state index >= 15 is 0 Å². The van der Waals surface area contributed by atoms with Crippen molar-refractivity contribution >= 4 is 29.7 Å². The summed E-state index contributed by atoms with van der Waals surface area (Å²) >= 11 is 0.354. The summed E-state index contributed by atoms with van der Waals surface area (Å²) in [5.41, 5.74) is -4.68. The van der Waals surface area contributed by atoms with Crippen LogP contribution in [0.25, 0.3) is 6.08 Å². The van der Waals surface area contributed by atoms with E-state index < -0.39 is 52.4 Å². The molecule has 1 fully saturated rings. The fourth-order valence-corrected chi connectivity index (χ4v) is 4.44. The van der Waals surface area contributed by atoms with Gasteiger partial charge in [0.25, 0.3) is 0 Å². The van der Waals surface area contributed by atoms with Gasteiger partial charge in [0, 0.05) is 24.1 Å². The smallest absolute Gasteiger partial charge is 0.418 e. The summed E-state index contributed by atoms with van der Waals surface area (Å²) in [4.78, 5) is 23.6. The molecular weight excluding hydrogens is 516 g/mol. The highest BCUT2D eigenvalue weighted by Crippen LogP contribution is 2.49. The van der Waals surface area contributed by atoms with Gasteiger partial charge in [-0.25, -0.2) is 4.79 Å². The number of nitrogens with zero attached hydrogens (tertiary/aromatic N) is 1. The second kappa shape index (κ2) is 11.2. The Kier molecular flexibility index (Phi) is 8.56. The zero-order valence-electron chi connectivity index (χ0n) is 18.4. The largest absolute Gasteiger partial charge is 0.481 e. The first kappa shape index (κ1) is 27.4. The summed E-state index contributed by atoms with van der Waals surface area (Å²) in [5, 5.41) is 8.79. The number of aliphatic carboxylic acids is 1. The van der Waals surface area contributed by atoms with E-state index in [9.17, 15) is 35.9 Å². The average molecular weight is 535 g/mol. The van der Waals surface area contributed by atoms with Gasteiger partial charge >= 0.3 is 18.3 Å². The van der Waals surface area contributed by atoms with E-state index in [4.69, 9.17) is 14.6 Å². The van der Waals surface area contributed by atoms with Crippen molar-refractivity contribution in [2.24, 2.45) is 0 Å². The van der Waals surface area contributed by atoms with Crippen LogP contribution in [0.3, 0.4) is 0 Å². The maximum Gasteiger partial charge on any atom is 0.418 e. The molecule has 0 saturated carbocycles. The molecule has 3 rings (SSSR count). The van der Waals surface area contributed by atoms with Crippen LogP contribution in [-0.4, -0.2) is 54.8 Å². The van der Waals surface area contributed by atoms with E-state index in [2.05, 4.69) is 0 Å². The summed E-state index contributed by atoms with van der Waals surface area (Å²) in [5.74, 6) is -2.09. The third kappa shape index (κ3) is 6.94. The molecule has 2 aromatic carbocycles. The van der Waals surface area contributed by atoms with Gasteiger partial charge in [0.05, 0.1) is 29.2 Å². The van der Waals surface area contributed by atoms with Crippen molar-refractivity contribution in [3.8, 4) is 5.75 Å². The molecule has 0 aromatic heterocycles. The molecule has 0 aliphatic carbocycles. The number of benzene rings is 2. The van der Waals surface area contributed by atoms with Crippen molar-refractivity contribution in [3.05, 3.63) is 59.2 Å². The topological polar surface area (TPSA) is 76.1 Å². The molecule has 6 nitrogen and oxygen atoms in total. The lowest BCUT2D eigenvalue weighted by molar-refractivity contribution is -0.163. The molecule has 0 spiro atoms. The first-order valence-electron chi connectivity index (χ1n) is 10.4. The molecular formula is C23H19F6NO5S. The second-order valence-corrected chi connectivity index (χ2v) is 8.48. The van der Waals surface area contributed by atoms with Gasteiger partial charge in [0.1, 0.15) is 5.75 Å². The summed E-state index contributed by atoms with van der Waals surface area (Å²) in [6, 6.07) is 7.16. The van der Waals surface area contributed by atoms with Gasteiger partial charge in [-0.2, -0.15) is 26.3 Å². The Bertz CT molecular complexity index is 1140. The number of hydrogen-bond acceptors (Lipinski definition) is 5. The molecule has 36 heavy (non-hydrogen) atoms. The Morgan fingerprint density at radius 1 is 0.972 bits per heavy atom. The normalized spacial score (nSPS) is 14.8. The van der Waals surface area contributed by atoms with Gasteiger partial charge in [-0.05, 0) is 29.8 Å². The number of rotatable bonds is 7. The molecule has 1 aliphatic rings. The third-order valence-corrected chi connectivity index (χ3v) is 6.03. The van der Waals surface area contributed by atoms with Crippen molar-refractivity contribution in [2.75, 3.05) is 32.9 Å². The highest BCUT2D eigenvalue weighted by molar-refractivity contribution is 7.99. The number of hydrogen-bond donors (Lipinski definition) is 1. The van der Waals surface area contributed by atoms with Gasteiger partial charge in [-0.15, -0.1) is 0 Å². The Balaban J connectivity index is 2.05. The molecule has 1 heterocycles. The number of carbonyl (C=O) groups excluding carboxylic acids is 1. The monoisotopic (exact) mass is 535 g/mol. The molecule has 1 aliphatic heterocycles. The fourth-order valence-electron chi connectivity index (χ4n) is 3.37. The standard InChI is InChI=1S/C23H19F6NO5S/c24-22(25,26)20-14(6-8-18(31)30-9-11-34-12-10-30)5-7-17(21(20)23(27,28)29)36-16-4-2-1-3-15(16)35-13-19(32)33/h1-8H,9-13H2,(H,32,33)/b8-6+. The number of ether oxygens (including phenoxy) is 2. The van der Waals surface area contributed by atoms with Crippen LogP contribution in [0.15, 0.2) is 52.3 Å². The lowest BCUT2D eigenvalue weighted by Gasteiger charge is -2.25. The minimum absolute atomic E-state index is 0.0110. The molecule has 194 valence electrons. The second-order valence-electron chi connectivity index (χ2n) is 7.40. The zero-order chi connectivity index (χ0) is 26.5. The van der Waals surface area contributed by atoms with E-state index in [0.717, 1.165) is 18.2 Å². The Morgan fingerprint density at radius 3 is 2.22 bits per heavy atom. The first-order valence-corrected chi connectivity index (χ1v) is 11.2. The molecule has 1 saturated heterocycles. The minimum Gasteiger partial charge on any atom is -0.481 e. The Morgan fingerprint density at radius 2 is 1.61 bits per heavy atom. The SMILES string of the molecule is O=C(O)COc1ccccc1Sc1ccc(/C=C/C(=O)N2CCOCC2)c(C(F)(F)F)c1C(F)(F)F. The Hall–Kier alpha value is -3.19. The predicted octanol–water partition coefficient (Wildman–Crippen LogP) is 5.21. The van der Waals surface area contributed by atoms with E-state index in [1.807, 2.05) is 0 Å². The van der Waals surface area contributed by atoms with Crippen LogP contribution in [0.5, 0.6) is 5.75 Å². The van der Waals surface area contributed by atoms with Crippen molar-refractivity contribution < 1.29 is 50.5 Å². The maximum atomic E-state index is 14.0. The number of morpholine rings is 1. The van der Waals surface area contributed by atoms with E-state index in [0.29, 0.717) is 17.8 Å². The van der Waals surface area contributed by atoms with E-state index in [-0.39, 0.29) is 36.9 Å². The number of carbonyl (C=O) groups is 2. The van der Waals surface area contributed by atoms with Crippen molar-refractivity contribution in [3.63, 3.8) is 0 Å². The van der Waals surface area contributed by atoms with Gasteiger partial charge in [-0.1, -0.05) is 30.0 Å². The zero-order valence-corrected chi connectivity index (χ0v) is 19.2. The van der Waals surface area contributed by atoms with Crippen LogP contribution in [0, 0.1) is 0 Å². The van der Waals surface area contributed by atoms with Crippen LogP contribution in [0.4, 0.5) is 26.3 Å². The van der Waals surface area contributed by atoms with E-state index in [1.54, 1.807) is 0 Å². The van der Waals surface area contributed by atoms with Crippen LogP contribution in [0.2, 0.25) is 0 Å². The molecule has 1 N–H and O–H groups in total. The number of para-hydroxylation sites is 1. The molecule has 2 aromatic rings. The highest BCUT2D eigenvalue weighted by Gasteiger charge is 2.46. The number of halogens is 6. The van der Waals surface area contributed by atoms with Gasteiger partial charge in [0.15, 0.2) is 6.61 Å². The lowest BCUT2D eigenvalue weighted by Crippen LogP contribution is -2.39. The number of carboxylic acids is 1. The lowest BCUT2D eigenvalue weighted by atomic mass is 9.99. The molecule has 0 unspecified atom stereocenters. The fraction of sp³-hybridized carbons (Fsp3) is 0.304. The number of amides is 1. The summed E-state index contributed by atoms with van der Waals surface area (Å²) in [6.45, 7) is 0.118. The number of alkyl halides is 6. The molecule has 0 radical (unpaired) electrons. The average Bonchev–Trinajstić information content (AvgIpc) is 2.81. The summed E-state index contributed by atoms with van der Waals surface area (Å²) < 4.78 is 94.2. The van der Waals surface area contributed by atoms with Crippen molar-refractivity contribution in [2.45, 2.75) is 22.1 Å². The van der Waals surface area contributed by atoms with Crippen molar-refractivity contribution in [1.29, 1.82) is 0 Å². The highest BCUT2D eigenvalue weighted by atomic mass is 32.2. The number of carboxylic acid groups (broad SMARTS) is 1. The van der Waals surface area contributed by atoms with Gasteiger partial charge < -0.3 is 19.5 Å². The maximum absolute atomic E-state index is 14.0. The Labute approximate surface area is 205 Å². The third-order valence-electron chi connectivity index (χ3n) is 4.91. The quantitative estimate of drug-likeness (QED) is 0.388. The van der Waals surface area contributed by atoms with E-state index in [1.165, 1.54) is 29.2 Å². The minimum atomic E-state index is -5.40. The summed E-state index contributed by atoms with van der Waals surface area (Å²) in [7, 11) is 0.